The molecule has 0 saturated heterocycles. The molecule has 19 heavy (non-hydrogen) atoms. The number of amides is 1. The van der Waals surface area contributed by atoms with Crippen molar-refractivity contribution in [3.05, 3.63) is 18.0 Å². The van der Waals surface area contributed by atoms with Gasteiger partial charge in [-0.2, -0.15) is 0 Å². The van der Waals surface area contributed by atoms with Crippen LogP contribution in [0.3, 0.4) is 0 Å². The number of rotatable bonds is 5. The number of aromatic nitrogens is 1. The molecule has 1 aromatic rings. The molecule has 6 heteroatoms. The zero-order valence-electron chi connectivity index (χ0n) is 11.5. The number of hydrogen-bond donors (Lipinski definition) is 2. The third-order valence-corrected chi connectivity index (χ3v) is 4.11. The maximum absolute atomic E-state index is 11.7. The van der Waals surface area contributed by atoms with Gasteiger partial charge in [-0.15, -0.1) is 0 Å². The number of nitrogens with zero attached hydrogens (tertiary/aromatic N) is 1. The molecule has 1 aromatic heterocycles. The van der Waals surface area contributed by atoms with Crippen LogP contribution in [0.1, 0.15) is 37.7 Å². The summed E-state index contributed by atoms with van der Waals surface area (Å²) in [6.07, 6.45) is 1.88. The number of carbonyl (C=O) groups is 1. The summed E-state index contributed by atoms with van der Waals surface area (Å²) >= 11 is 0. The molecule has 106 valence electrons. The molecule has 1 saturated carbocycles. The van der Waals surface area contributed by atoms with E-state index in [1.54, 1.807) is 0 Å². The molecule has 2 atom stereocenters. The first-order chi connectivity index (χ1) is 8.90. The van der Waals surface area contributed by atoms with E-state index in [-0.39, 0.29) is 29.7 Å². The molecule has 0 bridgehead atoms. The first-order valence-corrected chi connectivity index (χ1v) is 6.43. The number of ether oxygens (including phenoxy) is 1. The summed E-state index contributed by atoms with van der Waals surface area (Å²) < 4.78 is 10.2. The Morgan fingerprint density at radius 1 is 1.68 bits per heavy atom. The minimum Gasteiger partial charge on any atom is -0.387 e. The van der Waals surface area contributed by atoms with Gasteiger partial charge in [-0.25, -0.2) is 0 Å². The lowest BCUT2D eigenvalue weighted by atomic mass is 9.56. The predicted octanol–water partition coefficient (Wildman–Crippen LogP) is 0.970. The fourth-order valence-corrected chi connectivity index (χ4v) is 2.41. The summed E-state index contributed by atoms with van der Waals surface area (Å²) in [6, 6.07) is 1.48. The average Bonchev–Trinajstić information content (AvgIpc) is 2.89. The quantitative estimate of drug-likeness (QED) is 0.831. The lowest BCUT2D eigenvalue weighted by Gasteiger charge is -2.57. The largest absolute Gasteiger partial charge is 0.387 e. The molecule has 0 aromatic carbocycles. The van der Waals surface area contributed by atoms with Crippen molar-refractivity contribution in [3.8, 4) is 0 Å². The zero-order chi connectivity index (χ0) is 14.1. The Morgan fingerprint density at radius 2 is 2.42 bits per heavy atom. The molecule has 0 unspecified atom stereocenters. The van der Waals surface area contributed by atoms with E-state index < -0.39 is 5.60 Å². The van der Waals surface area contributed by atoms with Crippen LogP contribution in [-0.4, -0.2) is 41.0 Å². The average molecular weight is 268 g/mol. The normalized spacial score (nSPS) is 28.7. The second-order valence-corrected chi connectivity index (χ2v) is 5.47. The topological polar surface area (TPSA) is 84.6 Å². The molecular weight excluding hydrogens is 248 g/mol. The van der Waals surface area contributed by atoms with Crippen LogP contribution in [0, 0.1) is 5.41 Å². The summed E-state index contributed by atoms with van der Waals surface area (Å²) in [5.41, 5.74) is -1.13. The minimum atomic E-state index is -0.952. The first-order valence-electron chi connectivity index (χ1n) is 6.43. The number of hydrogen-bond acceptors (Lipinski definition) is 5. The molecule has 1 amide bonds. The van der Waals surface area contributed by atoms with E-state index in [0.29, 0.717) is 13.0 Å². The first kappa shape index (κ1) is 14.0. The van der Waals surface area contributed by atoms with Gasteiger partial charge in [0.15, 0.2) is 5.69 Å². The van der Waals surface area contributed by atoms with Crippen LogP contribution in [0.15, 0.2) is 16.9 Å². The smallest absolute Gasteiger partial charge is 0.273 e. The maximum Gasteiger partial charge on any atom is 0.273 e. The van der Waals surface area contributed by atoms with Crippen molar-refractivity contribution in [1.82, 2.24) is 10.5 Å². The molecular formula is C13H20N2O4. The highest BCUT2D eigenvalue weighted by molar-refractivity contribution is 5.92. The van der Waals surface area contributed by atoms with Crippen LogP contribution in [0.5, 0.6) is 0 Å². The highest BCUT2D eigenvalue weighted by atomic mass is 16.5. The van der Waals surface area contributed by atoms with Gasteiger partial charge in [-0.05, 0) is 6.92 Å². The van der Waals surface area contributed by atoms with Crippen molar-refractivity contribution in [1.29, 1.82) is 0 Å². The Bertz CT molecular complexity index is 444. The van der Waals surface area contributed by atoms with Crippen LogP contribution in [-0.2, 0) is 4.74 Å². The molecule has 2 rings (SSSR count). The highest BCUT2D eigenvalue weighted by Gasteiger charge is 2.59. The van der Waals surface area contributed by atoms with Crippen LogP contribution >= 0.6 is 0 Å². The SMILES string of the molecule is CCO[C@@H]1C[C@](O)(CNC(=O)c2ccon2)C1(C)C. The Kier molecular flexibility index (Phi) is 3.64. The van der Waals surface area contributed by atoms with Crippen molar-refractivity contribution in [2.45, 2.75) is 38.9 Å². The maximum atomic E-state index is 11.7. The van der Waals surface area contributed by atoms with Crippen molar-refractivity contribution in [3.63, 3.8) is 0 Å². The Labute approximate surface area is 112 Å². The molecule has 1 aliphatic rings. The fourth-order valence-electron chi connectivity index (χ4n) is 2.41. The molecule has 1 fully saturated rings. The van der Waals surface area contributed by atoms with E-state index in [4.69, 9.17) is 4.74 Å². The fraction of sp³-hybridized carbons (Fsp3) is 0.692. The van der Waals surface area contributed by atoms with Gasteiger partial charge in [-0.1, -0.05) is 19.0 Å². The highest BCUT2D eigenvalue weighted by Crippen LogP contribution is 2.50. The van der Waals surface area contributed by atoms with Crippen LogP contribution < -0.4 is 5.32 Å². The lowest BCUT2D eigenvalue weighted by molar-refractivity contribution is -0.237. The molecule has 0 spiro atoms. The number of nitrogens with one attached hydrogen (secondary N) is 1. The van der Waals surface area contributed by atoms with Gasteiger partial charge in [0.2, 0.25) is 0 Å². The van der Waals surface area contributed by atoms with Crippen molar-refractivity contribution in [2.75, 3.05) is 13.2 Å². The standard InChI is InChI=1S/C13H20N2O4/c1-4-18-10-7-13(17,12(10,2)3)8-14-11(16)9-5-6-19-15-9/h5-6,10,17H,4,7-8H2,1-3H3,(H,14,16)/t10-,13+/m1/s1. The summed E-state index contributed by atoms with van der Waals surface area (Å²) in [6.45, 7) is 6.61. The second-order valence-electron chi connectivity index (χ2n) is 5.47. The third kappa shape index (κ3) is 2.37. The van der Waals surface area contributed by atoms with Gasteiger partial charge in [0.1, 0.15) is 6.26 Å². The van der Waals surface area contributed by atoms with E-state index in [9.17, 15) is 9.90 Å². The minimum absolute atomic E-state index is 0.0199. The molecule has 0 aliphatic heterocycles. The monoisotopic (exact) mass is 268 g/mol. The Balaban J connectivity index is 1.91. The van der Waals surface area contributed by atoms with Gasteiger partial charge >= 0.3 is 0 Å². The van der Waals surface area contributed by atoms with Gasteiger partial charge < -0.3 is 19.7 Å². The van der Waals surface area contributed by atoms with Crippen LogP contribution in [0.2, 0.25) is 0 Å². The lowest BCUT2D eigenvalue weighted by Crippen LogP contribution is -2.68. The van der Waals surface area contributed by atoms with Crippen molar-refractivity contribution < 1.29 is 19.2 Å². The van der Waals surface area contributed by atoms with Crippen LogP contribution in [0.25, 0.3) is 0 Å². The summed E-state index contributed by atoms with van der Waals surface area (Å²) in [7, 11) is 0. The second kappa shape index (κ2) is 4.94. The van der Waals surface area contributed by atoms with E-state index >= 15 is 0 Å². The third-order valence-electron chi connectivity index (χ3n) is 4.11. The molecule has 1 heterocycles. The molecule has 2 N–H and O–H groups in total. The summed E-state index contributed by atoms with van der Waals surface area (Å²) in [4.78, 5) is 11.7. The van der Waals surface area contributed by atoms with E-state index in [2.05, 4.69) is 15.0 Å². The van der Waals surface area contributed by atoms with Crippen LogP contribution in [0.4, 0.5) is 0 Å². The number of carbonyl (C=O) groups excluding carboxylic acids is 1. The summed E-state index contributed by atoms with van der Waals surface area (Å²) in [5.74, 6) is -0.349. The van der Waals surface area contributed by atoms with Crippen molar-refractivity contribution in [2.24, 2.45) is 5.41 Å². The predicted molar refractivity (Wildman–Crippen MR) is 67.6 cm³/mol. The molecule has 1 aliphatic carbocycles. The summed E-state index contributed by atoms with van der Waals surface area (Å²) in [5, 5.41) is 16.8. The molecule has 6 nitrogen and oxygen atoms in total. The zero-order valence-corrected chi connectivity index (χ0v) is 11.5. The van der Waals surface area contributed by atoms with Gasteiger partial charge in [0, 0.05) is 31.1 Å². The van der Waals surface area contributed by atoms with Crippen molar-refractivity contribution >= 4 is 5.91 Å². The molecule has 0 radical (unpaired) electrons. The van der Waals surface area contributed by atoms with E-state index in [1.165, 1.54) is 12.3 Å². The Morgan fingerprint density at radius 3 is 2.95 bits per heavy atom. The van der Waals surface area contributed by atoms with Gasteiger partial charge in [0.05, 0.1) is 11.7 Å². The van der Waals surface area contributed by atoms with Gasteiger partial charge in [-0.3, -0.25) is 4.79 Å². The number of aliphatic hydroxyl groups is 1. The Hall–Kier alpha value is -1.40. The van der Waals surface area contributed by atoms with E-state index in [1.807, 2.05) is 20.8 Å². The van der Waals surface area contributed by atoms with E-state index in [0.717, 1.165) is 0 Å². The van der Waals surface area contributed by atoms with Gasteiger partial charge in [0.25, 0.3) is 5.91 Å².